The first-order chi connectivity index (χ1) is 10.2. The monoisotopic (exact) mass is 322 g/mol. The van der Waals surface area contributed by atoms with E-state index in [2.05, 4.69) is 24.0 Å². The molecule has 0 saturated heterocycles. The van der Waals surface area contributed by atoms with Crippen LogP contribution in [-0.4, -0.2) is 44.2 Å². The lowest BCUT2D eigenvalue weighted by atomic mass is 10.1. The molecule has 0 amide bonds. The third-order valence-electron chi connectivity index (χ3n) is 3.14. The first-order valence-electron chi connectivity index (χ1n) is 7.07. The fourth-order valence-corrected chi connectivity index (χ4v) is 2.05. The van der Waals surface area contributed by atoms with Crippen LogP contribution in [0, 0.1) is 0 Å². The van der Waals surface area contributed by atoms with E-state index in [9.17, 15) is 0 Å². The lowest BCUT2D eigenvalue weighted by Gasteiger charge is -2.14. The summed E-state index contributed by atoms with van der Waals surface area (Å²) in [6.45, 7) is 1.67. The molecule has 4 nitrogen and oxygen atoms in total. The summed E-state index contributed by atoms with van der Waals surface area (Å²) in [4.78, 5) is 6.54. The van der Waals surface area contributed by atoms with Crippen molar-refractivity contribution in [1.82, 2.24) is 9.88 Å². The van der Waals surface area contributed by atoms with Crippen LogP contribution in [0.1, 0.15) is 6.42 Å². The Morgan fingerprint density at radius 2 is 1.95 bits per heavy atom. The van der Waals surface area contributed by atoms with Crippen molar-refractivity contribution in [3.05, 3.63) is 42.6 Å². The molecule has 0 bridgehead atoms. The van der Waals surface area contributed by atoms with Gasteiger partial charge in [0.25, 0.3) is 0 Å². The number of pyridine rings is 1. The van der Waals surface area contributed by atoms with Gasteiger partial charge in [0.2, 0.25) is 0 Å². The number of hydrogen-bond acceptors (Lipinski definition) is 4. The predicted octanol–water partition coefficient (Wildman–Crippen LogP) is 3.51. The smallest absolute Gasteiger partial charge is 0.132 e. The normalized spacial score (nSPS) is 10.2. The third kappa shape index (κ3) is 5.20. The maximum atomic E-state index is 5.94. The molecular formula is C17H23ClN2O2. The van der Waals surface area contributed by atoms with Crippen LogP contribution in [0.15, 0.2) is 42.6 Å². The second-order valence-electron chi connectivity index (χ2n) is 5.08. The maximum Gasteiger partial charge on any atom is 0.132 e. The van der Waals surface area contributed by atoms with Crippen LogP contribution in [-0.2, 0) is 0 Å². The van der Waals surface area contributed by atoms with Crippen molar-refractivity contribution < 1.29 is 9.47 Å². The zero-order chi connectivity index (χ0) is 15.1. The zero-order valence-corrected chi connectivity index (χ0v) is 14.1. The Hall–Kier alpha value is -1.78. The van der Waals surface area contributed by atoms with Crippen molar-refractivity contribution in [3.63, 3.8) is 0 Å². The van der Waals surface area contributed by atoms with E-state index in [1.54, 1.807) is 13.3 Å². The number of nitrogens with zero attached hydrogens (tertiary/aromatic N) is 2. The Kier molecular flexibility index (Phi) is 7.71. The van der Waals surface area contributed by atoms with Gasteiger partial charge in [-0.25, -0.2) is 0 Å². The molecule has 0 aliphatic rings. The Bertz CT molecular complexity index is 562. The molecule has 0 N–H and O–H groups in total. The van der Waals surface area contributed by atoms with Gasteiger partial charge in [-0.05, 0) is 44.8 Å². The number of aromatic nitrogens is 1. The van der Waals surface area contributed by atoms with Crippen LogP contribution in [0.5, 0.6) is 11.5 Å². The Morgan fingerprint density at radius 3 is 2.59 bits per heavy atom. The highest BCUT2D eigenvalue weighted by Crippen LogP contribution is 2.32. The minimum atomic E-state index is 0. The fourth-order valence-electron chi connectivity index (χ4n) is 2.05. The van der Waals surface area contributed by atoms with Crippen LogP contribution in [0.3, 0.4) is 0 Å². The van der Waals surface area contributed by atoms with Gasteiger partial charge in [-0.1, -0.05) is 6.07 Å². The summed E-state index contributed by atoms with van der Waals surface area (Å²) in [5.41, 5.74) is 1.89. The zero-order valence-electron chi connectivity index (χ0n) is 13.3. The molecule has 0 atom stereocenters. The average molecular weight is 323 g/mol. The van der Waals surface area contributed by atoms with E-state index in [0.717, 1.165) is 35.7 Å². The highest BCUT2D eigenvalue weighted by molar-refractivity contribution is 5.85. The fraction of sp³-hybridized carbons (Fsp3) is 0.353. The molecule has 0 unspecified atom stereocenters. The minimum Gasteiger partial charge on any atom is -0.497 e. The van der Waals surface area contributed by atoms with Gasteiger partial charge in [-0.15, -0.1) is 12.4 Å². The Morgan fingerprint density at radius 1 is 1.14 bits per heavy atom. The van der Waals surface area contributed by atoms with E-state index in [0.29, 0.717) is 6.61 Å². The minimum absolute atomic E-state index is 0. The van der Waals surface area contributed by atoms with E-state index in [4.69, 9.17) is 9.47 Å². The van der Waals surface area contributed by atoms with Crippen LogP contribution in [0.4, 0.5) is 0 Å². The largest absolute Gasteiger partial charge is 0.497 e. The molecule has 0 fully saturated rings. The van der Waals surface area contributed by atoms with Gasteiger partial charge >= 0.3 is 0 Å². The number of hydrogen-bond donors (Lipinski definition) is 0. The summed E-state index contributed by atoms with van der Waals surface area (Å²) < 4.78 is 11.2. The molecule has 5 heteroatoms. The first kappa shape index (κ1) is 18.3. The van der Waals surface area contributed by atoms with Crippen molar-refractivity contribution in [2.75, 3.05) is 34.4 Å². The number of rotatable bonds is 7. The summed E-state index contributed by atoms with van der Waals surface area (Å²) >= 11 is 0. The molecule has 1 aromatic carbocycles. The Labute approximate surface area is 138 Å². The maximum absolute atomic E-state index is 5.94. The number of benzene rings is 1. The van der Waals surface area contributed by atoms with Gasteiger partial charge < -0.3 is 14.4 Å². The molecule has 2 aromatic rings. The third-order valence-corrected chi connectivity index (χ3v) is 3.14. The average Bonchev–Trinajstić information content (AvgIpc) is 2.52. The highest BCUT2D eigenvalue weighted by Gasteiger charge is 2.09. The van der Waals surface area contributed by atoms with Crippen molar-refractivity contribution >= 4 is 12.4 Å². The lowest BCUT2D eigenvalue weighted by molar-refractivity contribution is 0.281. The van der Waals surface area contributed by atoms with E-state index in [1.807, 2.05) is 36.4 Å². The van der Waals surface area contributed by atoms with Crippen molar-refractivity contribution in [2.24, 2.45) is 0 Å². The summed E-state index contributed by atoms with van der Waals surface area (Å²) in [6.07, 6.45) is 2.77. The summed E-state index contributed by atoms with van der Waals surface area (Å²) in [5.74, 6) is 1.60. The molecule has 2 rings (SSSR count). The van der Waals surface area contributed by atoms with Crippen molar-refractivity contribution in [2.45, 2.75) is 6.42 Å². The molecule has 120 valence electrons. The van der Waals surface area contributed by atoms with Gasteiger partial charge in [-0.3, -0.25) is 4.98 Å². The molecule has 0 saturated carbocycles. The van der Waals surface area contributed by atoms with E-state index < -0.39 is 0 Å². The van der Waals surface area contributed by atoms with Gasteiger partial charge in [0.1, 0.15) is 11.5 Å². The quantitative estimate of drug-likeness (QED) is 0.731. The van der Waals surface area contributed by atoms with Crippen molar-refractivity contribution in [1.29, 1.82) is 0 Å². The number of halogens is 1. The van der Waals surface area contributed by atoms with Gasteiger partial charge in [0.15, 0.2) is 0 Å². The van der Waals surface area contributed by atoms with E-state index in [-0.39, 0.29) is 12.4 Å². The van der Waals surface area contributed by atoms with E-state index >= 15 is 0 Å². The standard InChI is InChI=1S/C17H22N2O2.ClH/c1-19(2)11-6-12-21-17-13-14(20-3)8-9-15(17)16-7-4-5-10-18-16;/h4-5,7-10,13H,6,11-12H2,1-3H3;1H. The van der Waals surface area contributed by atoms with Crippen LogP contribution >= 0.6 is 12.4 Å². The molecule has 1 heterocycles. The molecule has 22 heavy (non-hydrogen) atoms. The van der Waals surface area contributed by atoms with Gasteiger partial charge in [0, 0.05) is 24.4 Å². The van der Waals surface area contributed by atoms with Crippen LogP contribution < -0.4 is 9.47 Å². The molecular weight excluding hydrogens is 300 g/mol. The predicted molar refractivity (Wildman–Crippen MR) is 92.1 cm³/mol. The second-order valence-corrected chi connectivity index (χ2v) is 5.08. The van der Waals surface area contributed by atoms with Gasteiger partial charge in [-0.2, -0.15) is 0 Å². The van der Waals surface area contributed by atoms with Crippen LogP contribution in [0.2, 0.25) is 0 Å². The molecule has 1 aromatic heterocycles. The number of methoxy groups -OCH3 is 1. The summed E-state index contributed by atoms with van der Waals surface area (Å²) in [6, 6.07) is 11.7. The van der Waals surface area contributed by atoms with E-state index in [1.165, 1.54) is 0 Å². The first-order valence-corrected chi connectivity index (χ1v) is 7.07. The second kappa shape index (κ2) is 9.28. The van der Waals surface area contributed by atoms with Crippen molar-refractivity contribution in [3.8, 4) is 22.8 Å². The Balaban J connectivity index is 0.00000242. The topological polar surface area (TPSA) is 34.6 Å². The molecule has 0 aliphatic carbocycles. The highest BCUT2D eigenvalue weighted by atomic mass is 35.5. The van der Waals surface area contributed by atoms with Gasteiger partial charge in [0.05, 0.1) is 19.4 Å². The molecule has 0 spiro atoms. The SMILES string of the molecule is COc1ccc(-c2ccccn2)c(OCCCN(C)C)c1.Cl. The summed E-state index contributed by atoms with van der Waals surface area (Å²) in [5, 5.41) is 0. The lowest BCUT2D eigenvalue weighted by Crippen LogP contribution is -2.15. The molecule has 0 radical (unpaired) electrons. The van der Waals surface area contributed by atoms with Crippen LogP contribution in [0.25, 0.3) is 11.3 Å². The molecule has 0 aliphatic heterocycles. The summed E-state index contributed by atoms with van der Waals surface area (Å²) in [7, 11) is 5.78. The number of ether oxygens (including phenoxy) is 2.